The molecule has 20 heavy (non-hydrogen) atoms. The number of benzene rings is 2. The smallest absolute Gasteiger partial charge is 0.255 e. The second-order valence-corrected chi connectivity index (χ2v) is 5.24. The van der Waals surface area contributed by atoms with E-state index >= 15 is 0 Å². The second-order valence-electron chi connectivity index (χ2n) is 5.24. The maximum absolute atomic E-state index is 12.4. The Balaban J connectivity index is 2.35. The standard InChI is InChI=1S/C17H20N2O/c1-10-5-7-14(12(3)9-10)17(20)19-16-13(4)11(2)6-8-15(16)18/h5-9H,18H2,1-4H3,(H,19,20). The van der Waals surface area contributed by atoms with Crippen molar-refractivity contribution in [2.75, 3.05) is 11.1 Å². The van der Waals surface area contributed by atoms with Crippen molar-refractivity contribution in [2.45, 2.75) is 27.7 Å². The Morgan fingerprint density at radius 3 is 2.35 bits per heavy atom. The van der Waals surface area contributed by atoms with E-state index in [4.69, 9.17) is 5.73 Å². The minimum absolute atomic E-state index is 0.122. The molecule has 3 nitrogen and oxygen atoms in total. The first-order chi connectivity index (χ1) is 9.40. The lowest BCUT2D eigenvalue weighted by molar-refractivity contribution is 0.102. The molecule has 0 aliphatic carbocycles. The predicted molar refractivity (Wildman–Crippen MR) is 84.2 cm³/mol. The summed E-state index contributed by atoms with van der Waals surface area (Å²) < 4.78 is 0. The van der Waals surface area contributed by atoms with Gasteiger partial charge in [-0.05, 0) is 56.5 Å². The summed E-state index contributed by atoms with van der Waals surface area (Å²) in [6.45, 7) is 7.91. The first-order valence-electron chi connectivity index (χ1n) is 6.64. The van der Waals surface area contributed by atoms with Crippen molar-refractivity contribution in [3.05, 3.63) is 58.1 Å². The van der Waals surface area contributed by atoms with Gasteiger partial charge in [-0.25, -0.2) is 0 Å². The van der Waals surface area contributed by atoms with Crippen LogP contribution in [0.2, 0.25) is 0 Å². The van der Waals surface area contributed by atoms with Crippen LogP contribution in [0.25, 0.3) is 0 Å². The summed E-state index contributed by atoms with van der Waals surface area (Å²) in [5.74, 6) is -0.122. The van der Waals surface area contributed by atoms with Crippen molar-refractivity contribution in [1.82, 2.24) is 0 Å². The summed E-state index contributed by atoms with van der Waals surface area (Å²) in [6.07, 6.45) is 0. The zero-order valence-electron chi connectivity index (χ0n) is 12.4. The van der Waals surface area contributed by atoms with Crippen LogP contribution in [0.3, 0.4) is 0 Å². The molecule has 2 aromatic carbocycles. The Kier molecular flexibility index (Phi) is 3.79. The molecule has 0 bridgehead atoms. The molecule has 2 aromatic rings. The van der Waals surface area contributed by atoms with E-state index < -0.39 is 0 Å². The van der Waals surface area contributed by atoms with Crippen molar-refractivity contribution in [3.63, 3.8) is 0 Å². The number of anilines is 2. The van der Waals surface area contributed by atoms with Crippen molar-refractivity contribution in [1.29, 1.82) is 0 Å². The van der Waals surface area contributed by atoms with Gasteiger partial charge in [-0.3, -0.25) is 4.79 Å². The number of nitrogens with one attached hydrogen (secondary N) is 1. The van der Waals surface area contributed by atoms with Crippen LogP contribution in [-0.4, -0.2) is 5.91 Å². The average Bonchev–Trinajstić information content (AvgIpc) is 2.39. The molecular weight excluding hydrogens is 248 g/mol. The molecule has 3 N–H and O–H groups in total. The minimum atomic E-state index is -0.122. The van der Waals surface area contributed by atoms with Gasteiger partial charge >= 0.3 is 0 Å². The van der Waals surface area contributed by atoms with Crippen LogP contribution in [0, 0.1) is 27.7 Å². The van der Waals surface area contributed by atoms with E-state index in [0.29, 0.717) is 16.9 Å². The molecule has 0 saturated carbocycles. The lowest BCUT2D eigenvalue weighted by Crippen LogP contribution is -2.16. The maximum atomic E-state index is 12.4. The molecule has 0 spiro atoms. The molecule has 0 unspecified atom stereocenters. The van der Waals surface area contributed by atoms with Crippen LogP contribution < -0.4 is 11.1 Å². The van der Waals surface area contributed by atoms with E-state index in [1.165, 1.54) is 0 Å². The highest BCUT2D eigenvalue weighted by atomic mass is 16.1. The molecule has 0 atom stereocenters. The Morgan fingerprint density at radius 2 is 1.70 bits per heavy atom. The summed E-state index contributed by atoms with van der Waals surface area (Å²) in [5, 5.41) is 2.93. The third kappa shape index (κ3) is 2.67. The minimum Gasteiger partial charge on any atom is -0.397 e. The van der Waals surface area contributed by atoms with Gasteiger partial charge in [0.15, 0.2) is 0 Å². The number of hydrogen-bond donors (Lipinski definition) is 2. The van der Waals surface area contributed by atoms with Gasteiger partial charge < -0.3 is 11.1 Å². The van der Waals surface area contributed by atoms with Crippen LogP contribution >= 0.6 is 0 Å². The average molecular weight is 268 g/mol. The fourth-order valence-corrected chi connectivity index (χ4v) is 2.25. The van der Waals surface area contributed by atoms with Crippen LogP contribution in [-0.2, 0) is 0 Å². The zero-order chi connectivity index (χ0) is 14.9. The molecule has 0 radical (unpaired) electrons. The highest BCUT2D eigenvalue weighted by Crippen LogP contribution is 2.26. The van der Waals surface area contributed by atoms with Crippen LogP contribution in [0.15, 0.2) is 30.3 Å². The van der Waals surface area contributed by atoms with Crippen LogP contribution in [0.4, 0.5) is 11.4 Å². The largest absolute Gasteiger partial charge is 0.397 e. The van der Waals surface area contributed by atoms with E-state index in [1.54, 1.807) is 0 Å². The predicted octanol–water partition coefficient (Wildman–Crippen LogP) is 3.75. The molecule has 0 heterocycles. The molecule has 2 rings (SSSR count). The Hall–Kier alpha value is -2.29. The molecule has 0 saturated heterocycles. The molecule has 0 aliphatic heterocycles. The number of hydrogen-bond acceptors (Lipinski definition) is 2. The Labute approximate surface area is 119 Å². The molecular formula is C17H20N2O. The monoisotopic (exact) mass is 268 g/mol. The molecule has 0 aliphatic rings. The van der Waals surface area contributed by atoms with Gasteiger partial charge in [0.2, 0.25) is 0 Å². The fraction of sp³-hybridized carbons (Fsp3) is 0.235. The Morgan fingerprint density at radius 1 is 1.00 bits per heavy atom. The highest BCUT2D eigenvalue weighted by Gasteiger charge is 2.13. The van der Waals surface area contributed by atoms with Crippen LogP contribution in [0.1, 0.15) is 32.6 Å². The van der Waals surface area contributed by atoms with E-state index in [1.807, 2.05) is 58.0 Å². The fourth-order valence-electron chi connectivity index (χ4n) is 2.25. The summed E-state index contributed by atoms with van der Waals surface area (Å²) in [5.41, 5.74) is 12.2. The number of carbonyl (C=O) groups is 1. The van der Waals surface area contributed by atoms with Gasteiger partial charge in [-0.15, -0.1) is 0 Å². The third-order valence-electron chi connectivity index (χ3n) is 3.63. The molecule has 0 fully saturated rings. The van der Waals surface area contributed by atoms with Gasteiger partial charge in [0.05, 0.1) is 11.4 Å². The van der Waals surface area contributed by atoms with Crippen molar-refractivity contribution in [3.8, 4) is 0 Å². The van der Waals surface area contributed by atoms with Crippen molar-refractivity contribution >= 4 is 17.3 Å². The Bertz CT molecular complexity index is 675. The van der Waals surface area contributed by atoms with E-state index in [-0.39, 0.29) is 5.91 Å². The van der Waals surface area contributed by atoms with Crippen molar-refractivity contribution < 1.29 is 4.79 Å². The number of aryl methyl sites for hydroxylation is 3. The summed E-state index contributed by atoms with van der Waals surface area (Å²) in [7, 11) is 0. The molecule has 1 amide bonds. The number of amides is 1. The lowest BCUT2D eigenvalue weighted by Gasteiger charge is -2.14. The SMILES string of the molecule is Cc1ccc(C(=O)Nc2c(N)ccc(C)c2C)c(C)c1. The van der Waals surface area contributed by atoms with Crippen LogP contribution in [0.5, 0.6) is 0 Å². The second kappa shape index (κ2) is 5.37. The zero-order valence-corrected chi connectivity index (χ0v) is 12.4. The summed E-state index contributed by atoms with van der Waals surface area (Å²) >= 11 is 0. The summed E-state index contributed by atoms with van der Waals surface area (Å²) in [6, 6.07) is 9.56. The molecule has 0 aromatic heterocycles. The number of carbonyl (C=O) groups excluding carboxylic acids is 1. The van der Waals surface area contributed by atoms with Gasteiger partial charge in [-0.1, -0.05) is 23.8 Å². The van der Waals surface area contributed by atoms with Gasteiger partial charge in [0.25, 0.3) is 5.91 Å². The quantitative estimate of drug-likeness (QED) is 0.815. The first kappa shape index (κ1) is 14.1. The number of nitrogen functional groups attached to an aromatic ring is 1. The normalized spacial score (nSPS) is 10.4. The lowest BCUT2D eigenvalue weighted by atomic mass is 10.0. The molecule has 104 valence electrons. The topological polar surface area (TPSA) is 55.1 Å². The number of nitrogens with two attached hydrogens (primary N) is 1. The van der Waals surface area contributed by atoms with E-state index in [0.717, 1.165) is 22.3 Å². The highest BCUT2D eigenvalue weighted by molar-refractivity contribution is 6.07. The van der Waals surface area contributed by atoms with E-state index in [9.17, 15) is 4.79 Å². The van der Waals surface area contributed by atoms with Gasteiger partial charge in [0, 0.05) is 5.56 Å². The van der Waals surface area contributed by atoms with Gasteiger partial charge in [-0.2, -0.15) is 0 Å². The van der Waals surface area contributed by atoms with E-state index in [2.05, 4.69) is 5.32 Å². The summed E-state index contributed by atoms with van der Waals surface area (Å²) in [4.78, 5) is 12.4. The number of rotatable bonds is 2. The maximum Gasteiger partial charge on any atom is 0.255 e. The molecule has 3 heteroatoms. The first-order valence-corrected chi connectivity index (χ1v) is 6.64. The van der Waals surface area contributed by atoms with Gasteiger partial charge in [0.1, 0.15) is 0 Å². The van der Waals surface area contributed by atoms with Crippen molar-refractivity contribution in [2.24, 2.45) is 0 Å². The third-order valence-corrected chi connectivity index (χ3v) is 3.63.